The number of hydrogen-bond acceptors (Lipinski definition) is 4. The lowest BCUT2D eigenvalue weighted by atomic mass is 9.94. The number of aryl methyl sites for hydroxylation is 2. The predicted molar refractivity (Wildman–Crippen MR) is 96.0 cm³/mol. The SMILES string of the molecule is COc1c(C)cc(-c2ccc3c(c2)C(NC(=O)CO)CCO3)cc1C. The number of benzene rings is 2. The minimum atomic E-state index is -0.511. The molecule has 1 atom stereocenters. The van der Waals surface area contributed by atoms with Gasteiger partial charge in [-0.2, -0.15) is 0 Å². The summed E-state index contributed by atoms with van der Waals surface area (Å²) in [7, 11) is 1.68. The van der Waals surface area contributed by atoms with Crippen LogP contribution in [0, 0.1) is 13.8 Å². The molecule has 0 spiro atoms. The minimum Gasteiger partial charge on any atom is -0.496 e. The Morgan fingerprint density at radius 3 is 2.60 bits per heavy atom. The van der Waals surface area contributed by atoms with Crippen molar-refractivity contribution in [3.8, 4) is 22.6 Å². The number of hydrogen-bond donors (Lipinski definition) is 2. The fourth-order valence-corrected chi connectivity index (χ4v) is 3.40. The lowest BCUT2D eigenvalue weighted by Gasteiger charge is -2.27. The van der Waals surface area contributed by atoms with Gasteiger partial charge in [0.05, 0.1) is 19.8 Å². The first-order valence-electron chi connectivity index (χ1n) is 8.36. The maximum atomic E-state index is 11.6. The number of carbonyl (C=O) groups is 1. The number of ether oxygens (including phenoxy) is 2. The average Bonchev–Trinajstić information content (AvgIpc) is 2.61. The fraction of sp³-hybridized carbons (Fsp3) is 0.350. The van der Waals surface area contributed by atoms with E-state index in [1.54, 1.807) is 7.11 Å². The minimum absolute atomic E-state index is 0.149. The number of nitrogens with one attached hydrogen (secondary N) is 1. The molecule has 0 radical (unpaired) electrons. The van der Waals surface area contributed by atoms with Crippen molar-refractivity contribution in [1.82, 2.24) is 5.32 Å². The highest BCUT2D eigenvalue weighted by Gasteiger charge is 2.23. The van der Waals surface area contributed by atoms with Crippen molar-refractivity contribution in [3.63, 3.8) is 0 Å². The van der Waals surface area contributed by atoms with Crippen molar-refractivity contribution >= 4 is 5.91 Å². The van der Waals surface area contributed by atoms with E-state index in [9.17, 15) is 4.79 Å². The van der Waals surface area contributed by atoms with E-state index in [0.29, 0.717) is 13.0 Å². The summed E-state index contributed by atoms with van der Waals surface area (Å²) in [6.07, 6.45) is 0.683. The molecule has 0 bridgehead atoms. The highest BCUT2D eigenvalue weighted by atomic mass is 16.5. The highest BCUT2D eigenvalue weighted by Crippen LogP contribution is 2.37. The summed E-state index contributed by atoms with van der Waals surface area (Å²) in [5.74, 6) is 1.30. The molecule has 2 aromatic carbocycles. The number of fused-ring (bicyclic) bond motifs is 1. The first-order valence-corrected chi connectivity index (χ1v) is 8.36. The normalized spacial score (nSPS) is 15.9. The third kappa shape index (κ3) is 3.46. The molecule has 5 nitrogen and oxygen atoms in total. The van der Waals surface area contributed by atoms with Crippen LogP contribution >= 0.6 is 0 Å². The van der Waals surface area contributed by atoms with E-state index in [0.717, 1.165) is 39.3 Å². The van der Waals surface area contributed by atoms with Crippen LogP contribution < -0.4 is 14.8 Å². The molecule has 25 heavy (non-hydrogen) atoms. The van der Waals surface area contributed by atoms with Gasteiger partial charge in [-0.15, -0.1) is 0 Å². The average molecular weight is 341 g/mol. The van der Waals surface area contributed by atoms with Crippen LogP contribution in [0.3, 0.4) is 0 Å². The number of aliphatic hydroxyl groups is 1. The van der Waals surface area contributed by atoms with Crippen LogP contribution in [0.4, 0.5) is 0 Å². The van der Waals surface area contributed by atoms with Gasteiger partial charge in [-0.3, -0.25) is 4.79 Å². The van der Waals surface area contributed by atoms with E-state index < -0.39 is 6.61 Å². The number of amides is 1. The number of carbonyl (C=O) groups excluding carboxylic acids is 1. The van der Waals surface area contributed by atoms with Gasteiger partial charge in [0.1, 0.15) is 18.1 Å². The van der Waals surface area contributed by atoms with E-state index in [1.165, 1.54) is 0 Å². The zero-order valence-corrected chi connectivity index (χ0v) is 14.8. The fourth-order valence-electron chi connectivity index (χ4n) is 3.40. The lowest BCUT2D eigenvalue weighted by Crippen LogP contribution is -2.33. The van der Waals surface area contributed by atoms with E-state index in [-0.39, 0.29) is 11.9 Å². The molecule has 0 aromatic heterocycles. The Kier molecular flexibility index (Phi) is 4.95. The Morgan fingerprint density at radius 2 is 1.96 bits per heavy atom. The Balaban J connectivity index is 2.00. The molecular formula is C20H23NO4. The van der Waals surface area contributed by atoms with Crippen LogP contribution in [0.25, 0.3) is 11.1 Å². The van der Waals surface area contributed by atoms with Gasteiger partial charge >= 0.3 is 0 Å². The van der Waals surface area contributed by atoms with Crippen LogP contribution in [-0.2, 0) is 4.79 Å². The summed E-state index contributed by atoms with van der Waals surface area (Å²) in [4.78, 5) is 11.6. The zero-order valence-electron chi connectivity index (χ0n) is 14.8. The topological polar surface area (TPSA) is 67.8 Å². The van der Waals surface area contributed by atoms with Gasteiger partial charge in [0.15, 0.2) is 0 Å². The van der Waals surface area contributed by atoms with Crippen molar-refractivity contribution in [2.45, 2.75) is 26.3 Å². The van der Waals surface area contributed by atoms with Crippen molar-refractivity contribution in [2.75, 3.05) is 20.3 Å². The van der Waals surface area contributed by atoms with Gasteiger partial charge in [0, 0.05) is 12.0 Å². The molecule has 1 aliphatic rings. The van der Waals surface area contributed by atoms with E-state index in [4.69, 9.17) is 14.6 Å². The number of methoxy groups -OCH3 is 1. The summed E-state index contributed by atoms with van der Waals surface area (Å²) in [6.45, 7) is 4.09. The Hall–Kier alpha value is -2.53. The van der Waals surface area contributed by atoms with Crippen LogP contribution in [0.15, 0.2) is 30.3 Å². The summed E-state index contributed by atoms with van der Waals surface area (Å²) in [5, 5.41) is 11.9. The molecular weight excluding hydrogens is 318 g/mol. The highest BCUT2D eigenvalue weighted by molar-refractivity contribution is 5.78. The van der Waals surface area contributed by atoms with Crippen molar-refractivity contribution in [1.29, 1.82) is 0 Å². The van der Waals surface area contributed by atoms with Gasteiger partial charge in [-0.1, -0.05) is 6.07 Å². The molecule has 3 rings (SSSR count). The van der Waals surface area contributed by atoms with E-state index in [1.807, 2.05) is 26.0 Å². The van der Waals surface area contributed by atoms with Crippen molar-refractivity contribution in [3.05, 3.63) is 47.0 Å². The lowest BCUT2D eigenvalue weighted by molar-refractivity contribution is -0.124. The molecule has 0 saturated heterocycles. The summed E-state index contributed by atoms with van der Waals surface area (Å²) >= 11 is 0. The second-order valence-electron chi connectivity index (χ2n) is 6.31. The van der Waals surface area contributed by atoms with Crippen LogP contribution in [0.1, 0.15) is 29.2 Å². The number of rotatable bonds is 4. The van der Waals surface area contributed by atoms with Crippen molar-refractivity contribution < 1.29 is 19.4 Å². The Morgan fingerprint density at radius 1 is 1.24 bits per heavy atom. The molecule has 0 fully saturated rings. The molecule has 1 heterocycles. The van der Waals surface area contributed by atoms with Crippen molar-refractivity contribution in [2.24, 2.45) is 0 Å². The molecule has 2 N–H and O–H groups in total. The molecule has 1 unspecified atom stereocenters. The maximum absolute atomic E-state index is 11.6. The third-order valence-corrected chi connectivity index (χ3v) is 4.53. The monoisotopic (exact) mass is 341 g/mol. The van der Waals surface area contributed by atoms with Crippen LogP contribution in [-0.4, -0.2) is 31.3 Å². The molecule has 5 heteroatoms. The summed E-state index contributed by atoms with van der Waals surface area (Å²) in [6, 6.07) is 10.1. The first-order chi connectivity index (χ1) is 12.0. The summed E-state index contributed by atoms with van der Waals surface area (Å²) in [5.41, 5.74) is 5.25. The predicted octanol–water partition coefficient (Wildman–Crippen LogP) is 2.91. The second kappa shape index (κ2) is 7.15. The Labute approximate surface area is 147 Å². The van der Waals surface area contributed by atoms with Gasteiger partial charge in [0.2, 0.25) is 5.91 Å². The quantitative estimate of drug-likeness (QED) is 0.897. The van der Waals surface area contributed by atoms with Gasteiger partial charge in [-0.25, -0.2) is 0 Å². The molecule has 1 amide bonds. The van der Waals surface area contributed by atoms with E-state index >= 15 is 0 Å². The molecule has 1 aliphatic heterocycles. The second-order valence-corrected chi connectivity index (χ2v) is 6.31. The first kappa shape index (κ1) is 17.3. The maximum Gasteiger partial charge on any atom is 0.246 e. The third-order valence-electron chi connectivity index (χ3n) is 4.53. The largest absolute Gasteiger partial charge is 0.496 e. The molecule has 132 valence electrons. The summed E-state index contributed by atoms with van der Waals surface area (Å²) < 4.78 is 11.1. The van der Waals surface area contributed by atoms with Gasteiger partial charge in [-0.05, 0) is 60.4 Å². The zero-order chi connectivity index (χ0) is 18.0. The molecule has 0 saturated carbocycles. The smallest absolute Gasteiger partial charge is 0.246 e. The number of aliphatic hydroxyl groups excluding tert-OH is 1. The Bertz CT molecular complexity index is 777. The van der Waals surface area contributed by atoms with Crippen LogP contribution in [0.5, 0.6) is 11.5 Å². The molecule has 2 aromatic rings. The van der Waals surface area contributed by atoms with Gasteiger partial charge < -0.3 is 19.9 Å². The molecule has 0 aliphatic carbocycles. The standard InChI is InChI=1S/C20H23NO4/c1-12-8-15(9-13(2)20(12)24-3)14-4-5-18-16(10-14)17(6-7-25-18)21-19(23)11-22/h4-5,8-10,17,22H,6-7,11H2,1-3H3,(H,21,23). The van der Waals surface area contributed by atoms with E-state index in [2.05, 4.69) is 23.5 Å². The van der Waals surface area contributed by atoms with Crippen LogP contribution in [0.2, 0.25) is 0 Å². The van der Waals surface area contributed by atoms with Gasteiger partial charge in [0.25, 0.3) is 0 Å².